The van der Waals surface area contributed by atoms with Crippen LogP contribution >= 0.6 is 0 Å². The molecule has 1 saturated heterocycles. The molecular weight excluding hydrogens is 268 g/mol. The lowest BCUT2D eigenvalue weighted by Crippen LogP contribution is -2.41. The van der Waals surface area contributed by atoms with Gasteiger partial charge < -0.3 is 15.5 Å². The zero-order valence-electron chi connectivity index (χ0n) is 13.3. The number of hydrogen-bond donors (Lipinski definition) is 1. The van der Waals surface area contributed by atoms with E-state index in [1.165, 1.54) is 0 Å². The summed E-state index contributed by atoms with van der Waals surface area (Å²) in [6, 6.07) is 0.195. The molecule has 2 fully saturated rings. The standard InChI is InChI=1S/C15H28N4O2/c1-17(2)14(20)11-18-6-3-7-19(9-8-18)15(21)12-4-5-13(16)10-12/h12-13H,3-11,16H2,1-2H3. The molecule has 1 saturated carbocycles. The molecule has 0 radical (unpaired) electrons. The summed E-state index contributed by atoms with van der Waals surface area (Å²) in [6.07, 6.45) is 3.66. The molecule has 2 rings (SSSR count). The third-order valence-corrected chi connectivity index (χ3v) is 4.58. The van der Waals surface area contributed by atoms with E-state index in [0.29, 0.717) is 6.54 Å². The average molecular weight is 296 g/mol. The molecule has 2 unspecified atom stereocenters. The predicted octanol–water partition coefficient (Wildman–Crippen LogP) is -0.264. The van der Waals surface area contributed by atoms with Crippen molar-refractivity contribution in [3.8, 4) is 0 Å². The second kappa shape index (κ2) is 7.22. The van der Waals surface area contributed by atoms with Crippen LogP contribution in [0.1, 0.15) is 25.7 Å². The molecule has 0 bridgehead atoms. The highest BCUT2D eigenvalue weighted by atomic mass is 16.2. The Kier molecular flexibility index (Phi) is 5.58. The fourth-order valence-corrected chi connectivity index (χ4v) is 3.18. The molecule has 0 aromatic rings. The maximum Gasteiger partial charge on any atom is 0.236 e. The highest BCUT2D eigenvalue weighted by Gasteiger charge is 2.31. The number of hydrogen-bond acceptors (Lipinski definition) is 4. The van der Waals surface area contributed by atoms with E-state index >= 15 is 0 Å². The molecule has 1 aliphatic carbocycles. The fourth-order valence-electron chi connectivity index (χ4n) is 3.18. The van der Waals surface area contributed by atoms with Crippen molar-refractivity contribution in [1.82, 2.24) is 14.7 Å². The summed E-state index contributed by atoms with van der Waals surface area (Å²) in [5.74, 6) is 0.509. The number of nitrogens with zero attached hydrogens (tertiary/aromatic N) is 3. The van der Waals surface area contributed by atoms with E-state index in [0.717, 1.165) is 51.9 Å². The SMILES string of the molecule is CN(C)C(=O)CN1CCCN(C(=O)C2CCC(N)C2)CC1. The van der Waals surface area contributed by atoms with Gasteiger partial charge in [0.2, 0.25) is 11.8 Å². The Hall–Kier alpha value is -1.14. The molecular formula is C15H28N4O2. The van der Waals surface area contributed by atoms with Crippen LogP contribution in [0.2, 0.25) is 0 Å². The lowest BCUT2D eigenvalue weighted by molar-refractivity contribution is -0.135. The molecule has 0 spiro atoms. The minimum atomic E-state index is 0.120. The van der Waals surface area contributed by atoms with Gasteiger partial charge >= 0.3 is 0 Å². The maximum atomic E-state index is 12.5. The molecule has 0 aromatic carbocycles. The first-order valence-corrected chi connectivity index (χ1v) is 7.94. The van der Waals surface area contributed by atoms with E-state index in [1.54, 1.807) is 19.0 Å². The summed E-state index contributed by atoms with van der Waals surface area (Å²) in [7, 11) is 3.55. The number of amides is 2. The normalized spacial score (nSPS) is 27.5. The van der Waals surface area contributed by atoms with Crippen molar-refractivity contribution in [3.05, 3.63) is 0 Å². The monoisotopic (exact) mass is 296 g/mol. The first-order valence-electron chi connectivity index (χ1n) is 7.94. The Morgan fingerprint density at radius 1 is 1.14 bits per heavy atom. The first-order chi connectivity index (χ1) is 9.97. The molecule has 120 valence electrons. The van der Waals surface area contributed by atoms with Crippen molar-refractivity contribution in [3.63, 3.8) is 0 Å². The third kappa shape index (κ3) is 4.41. The van der Waals surface area contributed by atoms with Crippen molar-refractivity contribution in [2.45, 2.75) is 31.7 Å². The van der Waals surface area contributed by atoms with Crippen LogP contribution in [0.25, 0.3) is 0 Å². The molecule has 0 aromatic heterocycles. The second-order valence-electron chi connectivity index (χ2n) is 6.51. The molecule has 6 nitrogen and oxygen atoms in total. The van der Waals surface area contributed by atoms with Gasteiger partial charge in [0.15, 0.2) is 0 Å². The molecule has 2 atom stereocenters. The van der Waals surface area contributed by atoms with E-state index in [-0.39, 0.29) is 23.8 Å². The Balaban J connectivity index is 1.83. The van der Waals surface area contributed by atoms with E-state index < -0.39 is 0 Å². The summed E-state index contributed by atoms with van der Waals surface area (Å²) in [5.41, 5.74) is 5.91. The number of rotatable bonds is 3. The first kappa shape index (κ1) is 16.2. The lowest BCUT2D eigenvalue weighted by atomic mass is 10.1. The van der Waals surface area contributed by atoms with Gasteiger partial charge in [-0.15, -0.1) is 0 Å². The van der Waals surface area contributed by atoms with Crippen LogP contribution in [0.3, 0.4) is 0 Å². The molecule has 2 N–H and O–H groups in total. The van der Waals surface area contributed by atoms with E-state index in [1.807, 2.05) is 4.90 Å². The Labute approximate surface area is 127 Å². The number of likely N-dealkylation sites (N-methyl/N-ethyl adjacent to an activating group) is 1. The molecule has 1 aliphatic heterocycles. The fraction of sp³-hybridized carbons (Fsp3) is 0.867. The summed E-state index contributed by atoms with van der Waals surface area (Å²) in [6.45, 7) is 3.64. The van der Waals surface area contributed by atoms with Gasteiger partial charge in [0.25, 0.3) is 0 Å². The molecule has 6 heteroatoms. The van der Waals surface area contributed by atoms with Gasteiger partial charge in [0.05, 0.1) is 6.54 Å². The van der Waals surface area contributed by atoms with Gasteiger partial charge in [-0.05, 0) is 25.7 Å². The van der Waals surface area contributed by atoms with Crippen LogP contribution in [0.4, 0.5) is 0 Å². The summed E-state index contributed by atoms with van der Waals surface area (Å²) in [4.78, 5) is 30.0. The summed E-state index contributed by atoms with van der Waals surface area (Å²) < 4.78 is 0. The van der Waals surface area contributed by atoms with Crippen molar-refractivity contribution in [2.75, 3.05) is 46.8 Å². The minimum absolute atomic E-state index is 0.120. The number of nitrogens with two attached hydrogens (primary N) is 1. The Bertz CT molecular complexity index is 386. The van der Waals surface area contributed by atoms with Gasteiger partial charge in [-0.1, -0.05) is 0 Å². The highest BCUT2D eigenvalue weighted by Crippen LogP contribution is 2.26. The van der Waals surface area contributed by atoms with Crippen LogP contribution in [0.5, 0.6) is 0 Å². The van der Waals surface area contributed by atoms with Crippen molar-refractivity contribution in [1.29, 1.82) is 0 Å². The van der Waals surface area contributed by atoms with Crippen LogP contribution in [0, 0.1) is 5.92 Å². The number of carbonyl (C=O) groups excluding carboxylic acids is 2. The Morgan fingerprint density at radius 2 is 1.90 bits per heavy atom. The van der Waals surface area contributed by atoms with Crippen LogP contribution in [-0.2, 0) is 9.59 Å². The minimum Gasteiger partial charge on any atom is -0.348 e. The van der Waals surface area contributed by atoms with E-state index in [4.69, 9.17) is 5.73 Å². The maximum absolute atomic E-state index is 12.5. The zero-order valence-corrected chi connectivity index (χ0v) is 13.3. The van der Waals surface area contributed by atoms with Gasteiger partial charge in [0, 0.05) is 52.2 Å². The quantitative estimate of drug-likeness (QED) is 0.779. The highest BCUT2D eigenvalue weighted by molar-refractivity contribution is 5.79. The topological polar surface area (TPSA) is 69.9 Å². The summed E-state index contributed by atoms with van der Waals surface area (Å²) >= 11 is 0. The van der Waals surface area contributed by atoms with Crippen LogP contribution < -0.4 is 5.73 Å². The van der Waals surface area contributed by atoms with Gasteiger partial charge in [0.1, 0.15) is 0 Å². The second-order valence-corrected chi connectivity index (χ2v) is 6.51. The average Bonchev–Trinajstić information content (AvgIpc) is 2.74. The summed E-state index contributed by atoms with van der Waals surface area (Å²) in [5, 5.41) is 0. The van der Waals surface area contributed by atoms with E-state index in [2.05, 4.69) is 4.90 Å². The van der Waals surface area contributed by atoms with Crippen molar-refractivity contribution in [2.24, 2.45) is 11.7 Å². The molecule has 2 amide bonds. The Morgan fingerprint density at radius 3 is 2.52 bits per heavy atom. The van der Waals surface area contributed by atoms with Crippen molar-refractivity contribution >= 4 is 11.8 Å². The third-order valence-electron chi connectivity index (χ3n) is 4.58. The molecule has 1 heterocycles. The predicted molar refractivity (Wildman–Crippen MR) is 81.6 cm³/mol. The molecule has 21 heavy (non-hydrogen) atoms. The lowest BCUT2D eigenvalue weighted by Gasteiger charge is -2.25. The van der Waals surface area contributed by atoms with Gasteiger partial charge in [-0.25, -0.2) is 0 Å². The van der Waals surface area contributed by atoms with Gasteiger partial charge in [-0.2, -0.15) is 0 Å². The largest absolute Gasteiger partial charge is 0.348 e. The number of carbonyl (C=O) groups is 2. The van der Waals surface area contributed by atoms with Crippen LogP contribution in [-0.4, -0.2) is 79.4 Å². The smallest absolute Gasteiger partial charge is 0.236 e. The van der Waals surface area contributed by atoms with E-state index in [9.17, 15) is 9.59 Å². The molecule has 2 aliphatic rings. The van der Waals surface area contributed by atoms with Crippen LogP contribution in [0.15, 0.2) is 0 Å². The zero-order chi connectivity index (χ0) is 15.4. The van der Waals surface area contributed by atoms with Crippen molar-refractivity contribution < 1.29 is 9.59 Å². The van der Waals surface area contributed by atoms with Gasteiger partial charge in [-0.3, -0.25) is 14.5 Å².